The first-order valence-electron chi connectivity index (χ1n) is 5.60. The number of carbonyl (C=O) groups is 1. The summed E-state index contributed by atoms with van der Waals surface area (Å²) in [6, 6.07) is 3.90. The normalized spacial score (nSPS) is 10.6. The molecule has 3 nitrogen and oxygen atoms in total. The fourth-order valence-electron chi connectivity index (χ4n) is 1.82. The zero-order valence-corrected chi connectivity index (χ0v) is 9.48. The lowest BCUT2D eigenvalue weighted by Gasteiger charge is -2.25. The Labute approximate surface area is 91.1 Å². The molecule has 1 aromatic heterocycles. The van der Waals surface area contributed by atoms with Crippen LogP contribution in [0.4, 0.5) is 5.88 Å². The average Bonchev–Trinajstić information content (AvgIpc) is 2.73. The van der Waals surface area contributed by atoms with E-state index in [1.807, 2.05) is 6.07 Å². The number of carbonyl (C=O) groups excluding carboxylic acids is 1. The number of rotatable bonds is 7. The molecular formula is C12H19NO2. The summed E-state index contributed by atoms with van der Waals surface area (Å²) in [6.07, 6.45) is 6.67. The largest absolute Gasteiger partial charge is 0.448 e. The van der Waals surface area contributed by atoms with E-state index in [0.717, 1.165) is 32.1 Å². The van der Waals surface area contributed by atoms with Crippen molar-refractivity contribution in [1.82, 2.24) is 0 Å². The molecule has 0 saturated heterocycles. The summed E-state index contributed by atoms with van der Waals surface area (Å²) < 4.78 is 5.25. The lowest BCUT2D eigenvalue weighted by atomic mass is 10.1. The van der Waals surface area contributed by atoms with Crippen LogP contribution in [0, 0.1) is 0 Å². The van der Waals surface area contributed by atoms with Gasteiger partial charge in [0.25, 0.3) is 0 Å². The molecule has 0 aromatic carbocycles. The van der Waals surface area contributed by atoms with Gasteiger partial charge in [0.15, 0.2) is 0 Å². The number of furan rings is 1. The molecule has 1 aromatic rings. The average molecular weight is 209 g/mol. The predicted octanol–water partition coefficient (Wildman–Crippen LogP) is 3.21. The maximum absolute atomic E-state index is 11.1. The fraction of sp³-hybridized carbons (Fsp3) is 0.583. The molecule has 0 unspecified atom stereocenters. The minimum atomic E-state index is 0.267. The highest BCUT2D eigenvalue weighted by molar-refractivity contribution is 5.72. The molecule has 0 bridgehead atoms. The van der Waals surface area contributed by atoms with Crippen molar-refractivity contribution in [3.05, 3.63) is 18.4 Å². The number of hydrogen-bond acceptors (Lipinski definition) is 2. The second kappa shape index (κ2) is 6.27. The molecule has 15 heavy (non-hydrogen) atoms. The lowest BCUT2D eigenvalue weighted by molar-refractivity contribution is -0.108. The van der Waals surface area contributed by atoms with Gasteiger partial charge in [0.05, 0.1) is 6.26 Å². The molecule has 3 heteroatoms. The van der Waals surface area contributed by atoms with Crippen molar-refractivity contribution in [2.75, 3.05) is 4.90 Å². The summed E-state index contributed by atoms with van der Waals surface area (Å²) in [4.78, 5) is 12.8. The van der Waals surface area contributed by atoms with Crippen LogP contribution in [0.2, 0.25) is 0 Å². The van der Waals surface area contributed by atoms with Gasteiger partial charge in [0, 0.05) is 12.1 Å². The van der Waals surface area contributed by atoms with Crippen molar-refractivity contribution in [3.8, 4) is 0 Å². The van der Waals surface area contributed by atoms with E-state index in [9.17, 15) is 4.79 Å². The summed E-state index contributed by atoms with van der Waals surface area (Å²) in [7, 11) is 0. The van der Waals surface area contributed by atoms with Gasteiger partial charge in [-0.1, -0.05) is 26.7 Å². The maximum atomic E-state index is 11.1. The molecule has 1 amide bonds. The Bertz CT molecular complexity index is 263. The highest BCUT2D eigenvalue weighted by Crippen LogP contribution is 2.21. The highest BCUT2D eigenvalue weighted by atomic mass is 16.3. The number of nitrogens with zero attached hydrogens (tertiary/aromatic N) is 1. The minimum Gasteiger partial charge on any atom is -0.448 e. The Morgan fingerprint density at radius 2 is 2.07 bits per heavy atom. The van der Waals surface area contributed by atoms with Crippen LogP contribution in [0.5, 0.6) is 0 Å². The lowest BCUT2D eigenvalue weighted by Crippen LogP contribution is -2.33. The van der Waals surface area contributed by atoms with E-state index in [4.69, 9.17) is 4.42 Å². The molecule has 84 valence electrons. The Balaban J connectivity index is 2.73. The van der Waals surface area contributed by atoms with Gasteiger partial charge in [0.1, 0.15) is 0 Å². The monoisotopic (exact) mass is 209 g/mol. The number of hydrogen-bond donors (Lipinski definition) is 0. The topological polar surface area (TPSA) is 33.5 Å². The summed E-state index contributed by atoms with van der Waals surface area (Å²) >= 11 is 0. The molecule has 1 heterocycles. The van der Waals surface area contributed by atoms with Gasteiger partial charge in [-0.3, -0.25) is 9.69 Å². The van der Waals surface area contributed by atoms with Crippen molar-refractivity contribution in [1.29, 1.82) is 0 Å². The molecule has 0 radical (unpaired) electrons. The van der Waals surface area contributed by atoms with Crippen LogP contribution in [0.15, 0.2) is 22.8 Å². The Morgan fingerprint density at radius 3 is 2.47 bits per heavy atom. The molecule has 0 aliphatic heterocycles. The molecule has 0 aliphatic rings. The minimum absolute atomic E-state index is 0.267. The second-order valence-corrected chi connectivity index (χ2v) is 3.70. The van der Waals surface area contributed by atoms with Gasteiger partial charge >= 0.3 is 0 Å². The van der Waals surface area contributed by atoms with Crippen LogP contribution in [-0.2, 0) is 4.79 Å². The number of anilines is 1. The van der Waals surface area contributed by atoms with Gasteiger partial charge in [-0.2, -0.15) is 0 Å². The summed E-state index contributed by atoms with van der Waals surface area (Å²) in [5.74, 6) is 0.650. The molecule has 0 aliphatic carbocycles. The molecule has 0 saturated carbocycles. The molecular weight excluding hydrogens is 190 g/mol. The summed E-state index contributed by atoms with van der Waals surface area (Å²) in [5, 5.41) is 0. The van der Waals surface area contributed by atoms with E-state index in [1.54, 1.807) is 17.2 Å². The van der Waals surface area contributed by atoms with Crippen LogP contribution in [0.3, 0.4) is 0 Å². The third-order valence-corrected chi connectivity index (χ3v) is 2.51. The van der Waals surface area contributed by atoms with Crippen LogP contribution in [0.1, 0.15) is 39.5 Å². The van der Waals surface area contributed by atoms with E-state index in [1.165, 1.54) is 0 Å². The summed E-state index contributed by atoms with van der Waals surface area (Å²) in [5.41, 5.74) is 0. The Kier molecular flexibility index (Phi) is 4.95. The van der Waals surface area contributed by atoms with Crippen molar-refractivity contribution in [3.63, 3.8) is 0 Å². The molecule has 0 atom stereocenters. The van der Waals surface area contributed by atoms with Crippen LogP contribution >= 0.6 is 0 Å². The first-order valence-corrected chi connectivity index (χ1v) is 5.60. The maximum Gasteiger partial charge on any atom is 0.216 e. The van der Waals surface area contributed by atoms with Crippen molar-refractivity contribution >= 4 is 12.3 Å². The van der Waals surface area contributed by atoms with Gasteiger partial charge in [0.2, 0.25) is 12.3 Å². The molecule has 0 fully saturated rings. The van der Waals surface area contributed by atoms with E-state index in [2.05, 4.69) is 13.8 Å². The van der Waals surface area contributed by atoms with Crippen molar-refractivity contribution in [2.45, 2.75) is 45.6 Å². The van der Waals surface area contributed by atoms with Gasteiger partial charge in [-0.15, -0.1) is 0 Å². The van der Waals surface area contributed by atoms with Crippen molar-refractivity contribution in [2.24, 2.45) is 0 Å². The Morgan fingerprint density at radius 1 is 1.40 bits per heavy atom. The predicted molar refractivity (Wildman–Crippen MR) is 60.9 cm³/mol. The Hall–Kier alpha value is -1.25. The molecule has 0 spiro atoms. The SMILES string of the molecule is CCCC(CCC)N(C=O)c1ccco1. The molecule has 1 rings (SSSR count). The van der Waals surface area contributed by atoms with E-state index in [0.29, 0.717) is 5.88 Å². The standard InChI is InChI=1S/C12H19NO2/c1-3-6-11(7-4-2)13(10-14)12-8-5-9-15-12/h5,8-11H,3-4,6-7H2,1-2H3. The van der Waals surface area contributed by atoms with Gasteiger partial charge in [-0.05, 0) is 18.9 Å². The summed E-state index contributed by atoms with van der Waals surface area (Å²) in [6.45, 7) is 4.27. The van der Waals surface area contributed by atoms with E-state index in [-0.39, 0.29) is 6.04 Å². The van der Waals surface area contributed by atoms with Crippen LogP contribution in [-0.4, -0.2) is 12.5 Å². The van der Waals surface area contributed by atoms with E-state index >= 15 is 0 Å². The fourth-order valence-corrected chi connectivity index (χ4v) is 1.82. The van der Waals surface area contributed by atoms with E-state index < -0.39 is 0 Å². The van der Waals surface area contributed by atoms with Crippen LogP contribution < -0.4 is 4.90 Å². The first-order chi connectivity index (χ1) is 7.33. The third-order valence-electron chi connectivity index (χ3n) is 2.51. The zero-order valence-electron chi connectivity index (χ0n) is 9.48. The quantitative estimate of drug-likeness (QED) is 0.646. The number of amides is 1. The molecule has 0 N–H and O–H groups in total. The van der Waals surface area contributed by atoms with Crippen LogP contribution in [0.25, 0.3) is 0 Å². The first kappa shape index (κ1) is 11.8. The second-order valence-electron chi connectivity index (χ2n) is 3.70. The third kappa shape index (κ3) is 3.11. The smallest absolute Gasteiger partial charge is 0.216 e. The van der Waals surface area contributed by atoms with Gasteiger partial charge < -0.3 is 4.42 Å². The highest BCUT2D eigenvalue weighted by Gasteiger charge is 2.18. The van der Waals surface area contributed by atoms with Crippen molar-refractivity contribution < 1.29 is 9.21 Å². The van der Waals surface area contributed by atoms with Gasteiger partial charge in [-0.25, -0.2) is 0 Å². The zero-order chi connectivity index (χ0) is 11.1.